The smallest absolute Gasteiger partial charge is 0.287 e. The van der Waals surface area contributed by atoms with E-state index in [1.165, 1.54) is 17.6 Å². The van der Waals surface area contributed by atoms with Gasteiger partial charge in [-0.15, -0.1) is 0 Å². The molecule has 1 atom stereocenters. The Labute approximate surface area is 219 Å². The Morgan fingerprint density at radius 2 is 1.82 bits per heavy atom. The maximum absolute atomic E-state index is 15.1. The molecule has 0 bridgehead atoms. The molecule has 2 aromatic heterocycles. The Hall–Kier alpha value is -5.18. The standard InChI is InChI=1S/C27H20F4N6O2/c1-3-19(38)35-16-7-4-13(5-8-16)22-20(21-23(37(22)2)15(11-32)12-34-26(21)33)14-6-9-17(18(28)10-14)27(39)36-25(31)24(29)30/h3-10,12,24-25H,1H2,2H3,(H2,33,34)(H,35,38)(H,36,39). The Bertz CT molecular complexity index is 1660. The zero-order valence-electron chi connectivity index (χ0n) is 20.3. The van der Waals surface area contributed by atoms with E-state index in [1.54, 1.807) is 35.9 Å². The van der Waals surface area contributed by atoms with Crippen LogP contribution in [0.5, 0.6) is 0 Å². The summed E-state index contributed by atoms with van der Waals surface area (Å²) in [5.74, 6) is -2.80. The van der Waals surface area contributed by atoms with Gasteiger partial charge in [0.2, 0.25) is 12.2 Å². The molecule has 0 spiro atoms. The molecule has 0 aliphatic carbocycles. The third-order valence-electron chi connectivity index (χ3n) is 5.96. The average Bonchev–Trinajstić information content (AvgIpc) is 3.22. The van der Waals surface area contributed by atoms with Crippen LogP contribution < -0.4 is 16.4 Å². The number of amides is 2. The molecular formula is C27H20F4N6O2. The number of hydrogen-bond donors (Lipinski definition) is 3. The number of halogens is 4. The molecule has 1 unspecified atom stereocenters. The van der Waals surface area contributed by atoms with Gasteiger partial charge in [0.25, 0.3) is 12.3 Å². The highest BCUT2D eigenvalue weighted by molar-refractivity contribution is 6.11. The zero-order valence-corrected chi connectivity index (χ0v) is 20.3. The lowest BCUT2D eigenvalue weighted by Crippen LogP contribution is -2.36. The van der Waals surface area contributed by atoms with Crippen LogP contribution >= 0.6 is 0 Å². The number of aromatic nitrogens is 2. The van der Waals surface area contributed by atoms with Crippen molar-refractivity contribution >= 4 is 34.2 Å². The van der Waals surface area contributed by atoms with Crippen LogP contribution in [0.2, 0.25) is 0 Å². The highest BCUT2D eigenvalue weighted by Gasteiger charge is 2.26. The first-order valence-corrected chi connectivity index (χ1v) is 11.3. The number of nitrogens with two attached hydrogens (primary N) is 1. The van der Waals surface area contributed by atoms with Crippen LogP contribution in [0.15, 0.2) is 61.3 Å². The third-order valence-corrected chi connectivity index (χ3v) is 5.96. The number of nitriles is 1. The summed E-state index contributed by atoms with van der Waals surface area (Å²) >= 11 is 0. The molecule has 8 nitrogen and oxygen atoms in total. The molecule has 4 rings (SSSR count). The Kier molecular flexibility index (Phi) is 7.35. The second kappa shape index (κ2) is 10.7. The van der Waals surface area contributed by atoms with Gasteiger partial charge in [-0.3, -0.25) is 9.59 Å². The summed E-state index contributed by atoms with van der Waals surface area (Å²) in [4.78, 5) is 27.9. The van der Waals surface area contributed by atoms with Crippen molar-refractivity contribution in [2.75, 3.05) is 11.1 Å². The summed E-state index contributed by atoms with van der Waals surface area (Å²) in [5.41, 5.74) is 8.36. The van der Waals surface area contributed by atoms with Crippen molar-refractivity contribution in [2.45, 2.75) is 12.7 Å². The fourth-order valence-electron chi connectivity index (χ4n) is 4.23. The number of pyridine rings is 1. The van der Waals surface area contributed by atoms with Crippen molar-refractivity contribution in [3.63, 3.8) is 0 Å². The Balaban J connectivity index is 1.92. The van der Waals surface area contributed by atoms with E-state index in [0.717, 1.165) is 18.2 Å². The highest BCUT2D eigenvalue weighted by Crippen LogP contribution is 2.43. The minimum atomic E-state index is -3.48. The molecule has 0 radical (unpaired) electrons. The first-order chi connectivity index (χ1) is 18.6. The lowest BCUT2D eigenvalue weighted by molar-refractivity contribution is -0.111. The molecule has 2 aromatic carbocycles. The van der Waals surface area contributed by atoms with Crippen LogP contribution in [-0.4, -0.2) is 34.1 Å². The molecule has 0 aliphatic rings. The van der Waals surface area contributed by atoms with Gasteiger partial charge in [-0.2, -0.15) is 5.26 Å². The number of rotatable bonds is 7. The van der Waals surface area contributed by atoms with E-state index in [9.17, 15) is 28.0 Å². The average molecular weight is 536 g/mol. The summed E-state index contributed by atoms with van der Waals surface area (Å²) in [7, 11) is 1.68. The van der Waals surface area contributed by atoms with Gasteiger partial charge in [0.05, 0.1) is 27.7 Å². The van der Waals surface area contributed by atoms with Crippen molar-refractivity contribution in [3.8, 4) is 28.5 Å². The van der Waals surface area contributed by atoms with Crippen molar-refractivity contribution in [1.29, 1.82) is 5.26 Å². The van der Waals surface area contributed by atoms with E-state index >= 15 is 4.39 Å². The van der Waals surface area contributed by atoms with E-state index < -0.39 is 35.9 Å². The zero-order chi connectivity index (χ0) is 28.4. The summed E-state index contributed by atoms with van der Waals surface area (Å²) in [6.45, 7) is 3.41. The first kappa shape index (κ1) is 26.9. The van der Waals surface area contributed by atoms with Crippen LogP contribution in [-0.2, 0) is 11.8 Å². The topological polar surface area (TPSA) is 126 Å². The largest absolute Gasteiger partial charge is 0.383 e. The van der Waals surface area contributed by atoms with Crippen molar-refractivity contribution in [3.05, 3.63) is 78.3 Å². The van der Waals surface area contributed by atoms with E-state index in [0.29, 0.717) is 33.4 Å². The van der Waals surface area contributed by atoms with Crippen molar-refractivity contribution in [2.24, 2.45) is 7.05 Å². The van der Waals surface area contributed by atoms with Gasteiger partial charge in [-0.1, -0.05) is 24.8 Å². The number of hydrogen-bond acceptors (Lipinski definition) is 5. The minimum Gasteiger partial charge on any atom is -0.383 e. The molecule has 12 heteroatoms. The number of anilines is 2. The second-order valence-corrected chi connectivity index (χ2v) is 8.35. The molecule has 0 fully saturated rings. The molecule has 39 heavy (non-hydrogen) atoms. The van der Waals surface area contributed by atoms with Crippen LogP contribution in [0.25, 0.3) is 33.3 Å². The van der Waals surface area contributed by atoms with Gasteiger partial charge in [-0.05, 0) is 41.5 Å². The number of nitrogen functional groups attached to an aromatic ring is 1. The summed E-state index contributed by atoms with van der Waals surface area (Å²) < 4.78 is 55.1. The maximum atomic E-state index is 15.1. The molecular weight excluding hydrogens is 516 g/mol. The van der Waals surface area contributed by atoms with E-state index in [2.05, 4.69) is 22.9 Å². The van der Waals surface area contributed by atoms with Crippen LogP contribution in [0, 0.1) is 17.1 Å². The van der Waals surface area contributed by atoms with Crippen molar-refractivity contribution in [1.82, 2.24) is 14.9 Å². The molecule has 198 valence electrons. The number of carbonyl (C=O) groups excluding carboxylic acids is 2. The third kappa shape index (κ3) is 5.02. The Morgan fingerprint density at radius 1 is 1.15 bits per heavy atom. The molecule has 4 aromatic rings. The fourth-order valence-corrected chi connectivity index (χ4v) is 4.23. The predicted octanol–water partition coefficient (Wildman–Crippen LogP) is 4.92. The first-order valence-electron chi connectivity index (χ1n) is 11.3. The molecule has 0 aliphatic heterocycles. The SMILES string of the molecule is C=CC(=O)Nc1ccc(-c2c(-c3ccc(C(=O)NC(F)C(F)F)c(F)c3)c3c(N)ncc(C#N)c3n2C)cc1. The molecule has 2 heterocycles. The number of nitrogens with one attached hydrogen (secondary N) is 2. The lowest BCUT2D eigenvalue weighted by Gasteiger charge is -2.13. The van der Waals surface area contributed by atoms with Gasteiger partial charge in [0, 0.05) is 24.5 Å². The lowest BCUT2D eigenvalue weighted by atomic mass is 9.96. The number of benzene rings is 2. The van der Waals surface area contributed by atoms with Crippen LogP contribution in [0.3, 0.4) is 0 Å². The van der Waals surface area contributed by atoms with Gasteiger partial charge in [0.1, 0.15) is 17.7 Å². The van der Waals surface area contributed by atoms with Gasteiger partial charge in [0.15, 0.2) is 0 Å². The second-order valence-electron chi connectivity index (χ2n) is 8.35. The predicted molar refractivity (Wildman–Crippen MR) is 138 cm³/mol. The molecule has 0 saturated heterocycles. The monoisotopic (exact) mass is 536 g/mol. The summed E-state index contributed by atoms with van der Waals surface area (Å²) in [6.07, 6.45) is -4.01. The van der Waals surface area contributed by atoms with Gasteiger partial charge >= 0.3 is 0 Å². The van der Waals surface area contributed by atoms with Crippen LogP contribution in [0.4, 0.5) is 29.1 Å². The number of fused-ring (bicyclic) bond motifs is 1. The molecule has 0 saturated carbocycles. The molecule has 2 amide bonds. The normalized spacial score (nSPS) is 11.7. The van der Waals surface area contributed by atoms with Gasteiger partial charge in [-0.25, -0.2) is 22.5 Å². The summed E-state index contributed by atoms with van der Waals surface area (Å²) in [5, 5.41) is 14.1. The van der Waals surface area contributed by atoms with Crippen LogP contribution in [0.1, 0.15) is 15.9 Å². The Morgan fingerprint density at radius 3 is 2.41 bits per heavy atom. The molecule has 4 N–H and O–H groups in total. The van der Waals surface area contributed by atoms with E-state index in [4.69, 9.17) is 5.73 Å². The van der Waals surface area contributed by atoms with E-state index in [1.807, 2.05) is 0 Å². The quantitative estimate of drug-likeness (QED) is 0.176. The number of nitrogens with zero attached hydrogens (tertiary/aromatic N) is 3. The van der Waals surface area contributed by atoms with E-state index in [-0.39, 0.29) is 16.9 Å². The number of aryl methyl sites for hydroxylation is 1. The minimum absolute atomic E-state index is 0.0511. The fraction of sp³-hybridized carbons (Fsp3) is 0.111. The summed E-state index contributed by atoms with van der Waals surface area (Å²) in [6, 6.07) is 12.1. The number of alkyl halides is 3. The highest BCUT2D eigenvalue weighted by atomic mass is 19.3. The van der Waals surface area contributed by atoms with Crippen molar-refractivity contribution < 1.29 is 27.2 Å². The number of carbonyl (C=O) groups is 2. The van der Waals surface area contributed by atoms with Gasteiger partial charge < -0.3 is 20.9 Å². The maximum Gasteiger partial charge on any atom is 0.287 e.